The van der Waals surface area contributed by atoms with E-state index >= 15 is 0 Å². The molecule has 26 heavy (non-hydrogen) atoms. The van der Waals surface area contributed by atoms with E-state index in [0.29, 0.717) is 37.6 Å². The van der Waals surface area contributed by atoms with E-state index in [-0.39, 0.29) is 16.4 Å². The van der Waals surface area contributed by atoms with E-state index < -0.39 is 10.0 Å². The molecule has 0 spiro atoms. The molecule has 140 valence electrons. The average molecular weight is 378 g/mol. The number of nitrogens with zero attached hydrogens (tertiary/aromatic N) is 2. The Labute approximate surface area is 153 Å². The normalized spacial score (nSPS) is 15.7. The number of phenols is 1. The van der Waals surface area contributed by atoms with Crippen LogP contribution in [0.25, 0.3) is 0 Å². The third-order valence-corrected chi connectivity index (χ3v) is 6.37. The topological polar surface area (TPSA) is 79.3 Å². The van der Waals surface area contributed by atoms with Gasteiger partial charge in [0.05, 0.1) is 19.9 Å². The van der Waals surface area contributed by atoms with Crippen LogP contribution in [0.15, 0.2) is 47.4 Å². The van der Waals surface area contributed by atoms with Crippen LogP contribution in [-0.4, -0.2) is 58.2 Å². The van der Waals surface area contributed by atoms with Gasteiger partial charge in [0.15, 0.2) is 0 Å². The predicted octanol–water partition coefficient (Wildman–Crippen LogP) is 1.92. The van der Waals surface area contributed by atoms with Crippen molar-refractivity contribution in [3.05, 3.63) is 42.5 Å². The molecule has 0 bridgehead atoms. The molecular weight excluding hydrogens is 356 g/mol. The molecule has 0 radical (unpaired) electrons. The van der Waals surface area contributed by atoms with E-state index in [1.807, 2.05) is 17.0 Å². The molecule has 1 aliphatic rings. The molecule has 1 aliphatic heterocycles. The Morgan fingerprint density at radius 1 is 0.962 bits per heavy atom. The first kappa shape index (κ1) is 18.3. The number of para-hydroxylation sites is 2. The molecule has 7 nitrogen and oxygen atoms in total. The van der Waals surface area contributed by atoms with Crippen LogP contribution in [0.4, 0.5) is 5.69 Å². The van der Waals surface area contributed by atoms with Gasteiger partial charge < -0.3 is 19.5 Å². The van der Waals surface area contributed by atoms with E-state index in [1.165, 1.54) is 24.6 Å². The number of benzene rings is 2. The van der Waals surface area contributed by atoms with Gasteiger partial charge in [-0.15, -0.1) is 0 Å². The zero-order valence-electron chi connectivity index (χ0n) is 14.8. The summed E-state index contributed by atoms with van der Waals surface area (Å²) in [6, 6.07) is 11.8. The van der Waals surface area contributed by atoms with Crippen molar-refractivity contribution in [2.45, 2.75) is 4.90 Å². The summed E-state index contributed by atoms with van der Waals surface area (Å²) < 4.78 is 37.9. The Morgan fingerprint density at radius 3 is 2.27 bits per heavy atom. The minimum Gasteiger partial charge on any atom is -0.506 e. The van der Waals surface area contributed by atoms with Gasteiger partial charge in [-0.05, 0) is 24.3 Å². The summed E-state index contributed by atoms with van der Waals surface area (Å²) in [4.78, 5) is 2.07. The lowest BCUT2D eigenvalue weighted by Crippen LogP contribution is -2.48. The highest BCUT2D eigenvalue weighted by Gasteiger charge is 2.31. The first-order valence-corrected chi connectivity index (χ1v) is 9.66. The number of phenolic OH excluding ortho intramolecular Hbond substituents is 1. The maximum atomic E-state index is 13.1. The summed E-state index contributed by atoms with van der Waals surface area (Å²) >= 11 is 0. The van der Waals surface area contributed by atoms with Crippen molar-refractivity contribution in [3.63, 3.8) is 0 Å². The van der Waals surface area contributed by atoms with Crippen molar-refractivity contribution in [3.8, 4) is 17.2 Å². The van der Waals surface area contributed by atoms with Crippen molar-refractivity contribution < 1.29 is 23.0 Å². The van der Waals surface area contributed by atoms with Gasteiger partial charge in [0, 0.05) is 32.2 Å². The van der Waals surface area contributed by atoms with Crippen molar-refractivity contribution in [2.75, 3.05) is 45.3 Å². The van der Waals surface area contributed by atoms with Crippen LogP contribution in [0.5, 0.6) is 17.2 Å². The molecule has 0 amide bonds. The summed E-state index contributed by atoms with van der Waals surface area (Å²) in [5, 5.41) is 9.99. The molecule has 0 atom stereocenters. The predicted molar refractivity (Wildman–Crippen MR) is 98.6 cm³/mol. The molecule has 0 saturated carbocycles. The molecule has 3 rings (SSSR count). The largest absolute Gasteiger partial charge is 0.506 e. The maximum absolute atomic E-state index is 13.1. The molecule has 2 aromatic carbocycles. The smallest absolute Gasteiger partial charge is 0.247 e. The number of rotatable bonds is 5. The van der Waals surface area contributed by atoms with Crippen LogP contribution in [0, 0.1) is 0 Å². The first-order chi connectivity index (χ1) is 12.5. The summed E-state index contributed by atoms with van der Waals surface area (Å²) in [5.74, 6) is 0.935. The lowest BCUT2D eigenvalue weighted by Gasteiger charge is -2.35. The van der Waals surface area contributed by atoms with Crippen LogP contribution < -0.4 is 14.4 Å². The number of ether oxygens (including phenoxy) is 2. The van der Waals surface area contributed by atoms with Gasteiger partial charge in [0.1, 0.15) is 22.1 Å². The first-order valence-electron chi connectivity index (χ1n) is 8.22. The quantitative estimate of drug-likeness (QED) is 0.856. The van der Waals surface area contributed by atoms with E-state index in [0.717, 1.165) is 0 Å². The average Bonchev–Trinajstić information content (AvgIpc) is 2.68. The minimum absolute atomic E-state index is 0.0929. The third kappa shape index (κ3) is 3.42. The summed E-state index contributed by atoms with van der Waals surface area (Å²) in [5.41, 5.74) is 0.712. The summed E-state index contributed by atoms with van der Waals surface area (Å²) in [7, 11) is -0.783. The van der Waals surface area contributed by atoms with Gasteiger partial charge in [0.2, 0.25) is 10.0 Å². The van der Waals surface area contributed by atoms with Gasteiger partial charge in [-0.2, -0.15) is 4.31 Å². The third-order valence-electron chi connectivity index (χ3n) is 4.45. The zero-order valence-corrected chi connectivity index (χ0v) is 15.6. The monoisotopic (exact) mass is 378 g/mol. The van der Waals surface area contributed by atoms with Crippen molar-refractivity contribution in [1.29, 1.82) is 0 Å². The van der Waals surface area contributed by atoms with Crippen LogP contribution in [-0.2, 0) is 10.0 Å². The number of anilines is 1. The van der Waals surface area contributed by atoms with Gasteiger partial charge in [0.25, 0.3) is 0 Å². The highest BCUT2D eigenvalue weighted by molar-refractivity contribution is 7.89. The zero-order chi connectivity index (χ0) is 18.7. The molecule has 1 saturated heterocycles. The molecule has 1 fully saturated rings. The Kier molecular flexibility index (Phi) is 5.24. The van der Waals surface area contributed by atoms with Crippen LogP contribution >= 0.6 is 0 Å². The summed E-state index contributed by atoms with van der Waals surface area (Å²) in [6.45, 7) is 1.61. The Balaban J connectivity index is 1.81. The second kappa shape index (κ2) is 7.43. The molecule has 2 aromatic rings. The molecule has 0 unspecified atom stereocenters. The van der Waals surface area contributed by atoms with E-state index in [4.69, 9.17) is 9.47 Å². The van der Waals surface area contributed by atoms with Crippen LogP contribution in [0.1, 0.15) is 0 Å². The number of hydrogen-bond donors (Lipinski definition) is 1. The number of sulfonamides is 1. The van der Waals surface area contributed by atoms with E-state index in [1.54, 1.807) is 24.3 Å². The number of hydrogen-bond acceptors (Lipinski definition) is 6. The molecule has 0 aromatic heterocycles. The SMILES string of the molecule is COc1ccc(OC)c(S(=O)(=O)N2CCN(c3ccccc3O)CC2)c1. The van der Waals surface area contributed by atoms with Crippen molar-refractivity contribution >= 4 is 15.7 Å². The van der Waals surface area contributed by atoms with Gasteiger partial charge in [-0.3, -0.25) is 0 Å². The summed E-state index contributed by atoms with van der Waals surface area (Å²) in [6.07, 6.45) is 0. The molecule has 1 heterocycles. The number of aromatic hydroxyl groups is 1. The number of piperazine rings is 1. The minimum atomic E-state index is -3.71. The second-order valence-electron chi connectivity index (χ2n) is 5.90. The molecule has 0 aliphatic carbocycles. The molecule has 1 N–H and O–H groups in total. The Hall–Kier alpha value is -2.45. The van der Waals surface area contributed by atoms with E-state index in [9.17, 15) is 13.5 Å². The molecular formula is C18H22N2O5S. The highest BCUT2D eigenvalue weighted by atomic mass is 32.2. The van der Waals surface area contributed by atoms with Gasteiger partial charge >= 0.3 is 0 Å². The lowest BCUT2D eigenvalue weighted by molar-refractivity contribution is 0.369. The second-order valence-corrected chi connectivity index (χ2v) is 7.80. The Morgan fingerprint density at radius 2 is 1.65 bits per heavy atom. The standard InChI is InChI=1S/C18H22N2O5S/c1-24-14-7-8-17(25-2)18(13-14)26(22,23)20-11-9-19(10-12-20)15-5-3-4-6-16(15)21/h3-8,13,21H,9-12H2,1-2H3. The maximum Gasteiger partial charge on any atom is 0.247 e. The fraction of sp³-hybridized carbons (Fsp3) is 0.333. The van der Waals surface area contributed by atoms with Crippen molar-refractivity contribution in [1.82, 2.24) is 4.31 Å². The lowest BCUT2D eigenvalue weighted by atomic mass is 10.2. The number of methoxy groups -OCH3 is 2. The van der Waals surface area contributed by atoms with Crippen LogP contribution in [0.3, 0.4) is 0 Å². The Bertz CT molecular complexity index is 877. The van der Waals surface area contributed by atoms with E-state index in [2.05, 4.69) is 0 Å². The fourth-order valence-electron chi connectivity index (χ4n) is 3.03. The highest BCUT2D eigenvalue weighted by Crippen LogP contribution is 2.32. The van der Waals surface area contributed by atoms with Gasteiger partial charge in [-0.25, -0.2) is 8.42 Å². The van der Waals surface area contributed by atoms with Crippen molar-refractivity contribution in [2.24, 2.45) is 0 Å². The fourth-order valence-corrected chi connectivity index (χ4v) is 4.62. The molecule has 8 heteroatoms. The van der Waals surface area contributed by atoms with Gasteiger partial charge in [-0.1, -0.05) is 12.1 Å². The van der Waals surface area contributed by atoms with Crippen LogP contribution in [0.2, 0.25) is 0 Å².